The van der Waals surface area contributed by atoms with Crippen molar-refractivity contribution in [3.05, 3.63) is 58.4 Å². The predicted octanol–water partition coefficient (Wildman–Crippen LogP) is 3.43. The minimum Gasteiger partial charge on any atom is -0.489 e. The molecule has 0 fully saturated rings. The average Bonchev–Trinajstić information content (AvgIpc) is 2.83. The van der Waals surface area contributed by atoms with Crippen LogP contribution in [0, 0.1) is 11.7 Å². The van der Waals surface area contributed by atoms with Crippen molar-refractivity contribution in [2.45, 2.75) is 37.6 Å². The fourth-order valence-corrected chi connectivity index (χ4v) is 6.50. The monoisotopic (exact) mass is 561 g/mol. The van der Waals surface area contributed by atoms with Crippen LogP contribution >= 0.6 is 23.2 Å². The molecule has 0 saturated carbocycles. The maximum absolute atomic E-state index is 14.2. The molecule has 3 atom stereocenters. The largest absolute Gasteiger partial charge is 0.489 e. The molecule has 3 unspecified atom stereocenters. The Hall–Kier alpha value is -2.11. The van der Waals surface area contributed by atoms with Crippen molar-refractivity contribution in [2.75, 3.05) is 30.5 Å². The zero-order valence-electron chi connectivity index (χ0n) is 20.0. The van der Waals surface area contributed by atoms with Crippen LogP contribution in [-0.2, 0) is 32.6 Å². The Bertz CT molecular complexity index is 1160. The number of fused-ring (bicyclic) bond motifs is 1. The highest BCUT2D eigenvalue weighted by atomic mass is 35.5. The second-order valence-corrected chi connectivity index (χ2v) is 11.3. The smallest absolute Gasteiger partial charge is 0.311 e. The number of nitrogens with two attached hydrogens (primary N) is 1. The molecular weight excluding hydrogens is 532 g/mol. The van der Waals surface area contributed by atoms with Crippen LogP contribution in [0.5, 0.6) is 5.75 Å². The van der Waals surface area contributed by atoms with Gasteiger partial charge in [-0.2, -0.15) is 0 Å². The summed E-state index contributed by atoms with van der Waals surface area (Å²) < 4.78 is 53.8. The molecule has 3 N–H and O–H groups in total. The van der Waals surface area contributed by atoms with Crippen molar-refractivity contribution in [3.8, 4) is 5.75 Å². The lowest BCUT2D eigenvalue weighted by Gasteiger charge is -2.37. The molecule has 2 aromatic carbocycles. The quantitative estimate of drug-likeness (QED) is 0.245. The first-order valence-corrected chi connectivity index (χ1v) is 13.9. The van der Waals surface area contributed by atoms with Crippen molar-refractivity contribution in [2.24, 2.45) is 11.7 Å². The number of alkyl halides is 1. The van der Waals surface area contributed by atoms with Crippen molar-refractivity contribution in [1.82, 2.24) is 5.32 Å². The third-order valence-electron chi connectivity index (χ3n) is 5.88. The Morgan fingerprint density at radius 2 is 2.06 bits per heavy atom. The number of nitrogens with one attached hydrogen (secondary N) is 1. The number of halogens is 3. The third kappa shape index (κ3) is 6.41. The van der Waals surface area contributed by atoms with E-state index in [-0.39, 0.29) is 43.3 Å². The minimum absolute atomic E-state index is 0.0291. The summed E-state index contributed by atoms with van der Waals surface area (Å²) in [4.78, 5) is 12.6. The van der Waals surface area contributed by atoms with Crippen LogP contribution in [0.4, 0.5) is 10.1 Å². The van der Waals surface area contributed by atoms with Crippen LogP contribution < -0.4 is 20.1 Å². The first-order chi connectivity index (χ1) is 17.1. The van der Waals surface area contributed by atoms with E-state index in [9.17, 15) is 17.6 Å². The molecule has 0 radical (unpaired) electrons. The van der Waals surface area contributed by atoms with Gasteiger partial charge in [-0.15, -0.1) is 11.6 Å². The van der Waals surface area contributed by atoms with Crippen molar-refractivity contribution in [3.63, 3.8) is 0 Å². The Labute approximate surface area is 220 Å². The number of benzene rings is 2. The maximum atomic E-state index is 14.2. The van der Waals surface area contributed by atoms with E-state index in [1.165, 1.54) is 12.1 Å². The van der Waals surface area contributed by atoms with E-state index < -0.39 is 38.5 Å². The lowest BCUT2D eigenvalue weighted by atomic mass is 9.94. The SMILES string of the molecule is CCNCC(C(N)Cl)S(=O)(=O)N1CC(C(=O)OCC)Cc2ccc(OCc3c(F)cccc3Cl)cc21. The molecule has 0 spiro atoms. The van der Waals surface area contributed by atoms with E-state index in [1.807, 2.05) is 6.92 Å². The third-order valence-corrected chi connectivity index (χ3v) is 8.88. The Morgan fingerprint density at radius 1 is 1.31 bits per heavy atom. The second-order valence-electron chi connectivity index (χ2n) is 8.30. The number of rotatable bonds is 11. The van der Waals surface area contributed by atoms with Gasteiger partial charge in [0.1, 0.15) is 28.9 Å². The summed E-state index contributed by atoms with van der Waals surface area (Å²) in [5.41, 5.74) is 5.80. The van der Waals surface area contributed by atoms with E-state index in [1.54, 1.807) is 31.2 Å². The summed E-state index contributed by atoms with van der Waals surface area (Å²) in [6.45, 7) is 3.96. The number of hydrogen-bond donors (Lipinski definition) is 2. The standard InChI is InChI=1S/C24H30Cl2FN3O5S/c1-3-29-12-22(23(26)28)36(32,33)30-13-16(24(31)34-4-2)10-15-8-9-17(11-21(15)30)35-14-18-19(25)6-5-7-20(18)27/h5-9,11,16,22-23,29H,3-4,10,12-14,28H2,1-2H3. The number of sulfonamides is 1. The maximum Gasteiger partial charge on any atom is 0.311 e. The Morgan fingerprint density at radius 3 is 2.69 bits per heavy atom. The van der Waals surface area contributed by atoms with Gasteiger partial charge < -0.3 is 20.5 Å². The van der Waals surface area contributed by atoms with Gasteiger partial charge in [-0.3, -0.25) is 9.10 Å². The zero-order valence-corrected chi connectivity index (χ0v) is 22.4. The van der Waals surface area contributed by atoms with Crippen molar-refractivity contribution in [1.29, 1.82) is 0 Å². The van der Waals surface area contributed by atoms with E-state index in [0.717, 1.165) is 4.31 Å². The molecule has 0 saturated heterocycles. The molecule has 0 bridgehead atoms. The fraction of sp³-hybridized carbons (Fsp3) is 0.458. The summed E-state index contributed by atoms with van der Waals surface area (Å²) >= 11 is 12.2. The van der Waals surface area contributed by atoms with Gasteiger partial charge in [0.2, 0.25) is 10.0 Å². The topological polar surface area (TPSA) is 111 Å². The molecule has 2 aromatic rings. The summed E-state index contributed by atoms with van der Waals surface area (Å²) in [5.74, 6) is -1.40. The van der Waals surface area contributed by atoms with E-state index >= 15 is 0 Å². The molecule has 0 amide bonds. The van der Waals surface area contributed by atoms with Crippen molar-refractivity contribution >= 4 is 44.9 Å². The molecule has 1 aliphatic rings. The molecule has 12 heteroatoms. The van der Waals surface area contributed by atoms with E-state index in [2.05, 4.69) is 5.32 Å². The van der Waals surface area contributed by atoms with Gasteiger partial charge in [-0.1, -0.05) is 30.7 Å². The molecule has 198 valence electrons. The highest BCUT2D eigenvalue weighted by Gasteiger charge is 2.41. The lowest BCUT2D eigenvalue weighted by molar-refractivity contribution is -0.147. The van der Waals surface area contributed by atoms with Crippen LogP contribution in [0.15, 0.2) is 36.4 Å². The summed E-state index contributed by atoms with van der Waals surface area (Å²) in [7, 11) is -4.12. The predicted molar refractivity (Wildman–Crippen MR) is 138 cm³/mol. The summed E-state index contributed by atoms with van der Waals surface area (Å²) in [6, 6.07) is 9.19. The molecule has 8 nitrogen and oxygen atoms in total. The molecule has 0 aromatic heterocycles. The highest BCUT2D eigenvalue weighted by molar-refractivity contribution is 7.93. The Balaban J connectivity index is 1.99. The van der Waals surface area contributed by atoms with Gasteiger partial charge in [0.15, 0.2) is 0 Å². The molecule has 36 heavy (non-hydrogen) atoms. The molecule has 1 heterocycles. The van der Waals surface area contributed by atoms with Gasteiger partial charge in [0.25, 0.3) is 0 Å². The highest BCUT2D eigenvalue weighted by Crippen LogP contribution is 2.37. The number of carbonyl (C=O) groups is 1. The van der Waals surface area contributed by atoms with Crippen LogP contribution in [0.1, 0.15) is 25.0 Å². The van der Waals surface area contributed by atoms with Gasteiger partial charge in [0.05, 0.1) is 23.2 Å². The minimum atomic E-state index is -4.12. The van der Waals surface area contributed by atoms with Gasteiger partial charge >= 0.3 is 5.97 Å². The summed E-state index contributed by atoms with van der Waals surface area (Å²) in [6.07, 6.45) is 0.282. The zero-order chi connectivity index (χ0) is 26.5. The van der Waals surface area contributed by atoms with E-state index in [4.69, 9.17) is 38.4 Å². The number of carbonyl (C=O) groups excluding carboxylic acids is 1. The average molecular weight is 562 g/mol. The lowest BCUT2D eigenvalue weighted by Crippen LogP contribution is -2.53. The van der Waals surface area contributed by atoms with Gasteiger partial charge in [-0.05, 0) is 43.7 Å². The second kappa shape index (κ2) is 12.4. The number of ether oxygens (including phenoxy) is 2. The van der Waals surface area contributed by atoms with Gasteiger partial charge in [0, 0.05) is 24.7 Å². The van der Waals surface area contributed by atoms with Crippen molar-refractivity contribution < 1.29 is 27.1 Å². The van der Waals surface area contributed by atoms with Crippen LogP contribution in [0.3, 0.4) is 0 Å². The van der Waals surface area contributed by atoms with Crippen LogP contribution in [-0.4, -0.2) is 51.4 Å². The molecule has 0 aliphatic carbocycles. The first-order valence-electron chi connectivity index (χ1n) is 11.6. The van der Waals surface area contributed by atoms with Crippen LogP contribution in [0.2, 0.25) is 5.02 Å². The molecule has 1 aliphatic heterocycles. The molecule has 3 rings (SSSR count). The molecular formula is C24H30Cl2FN3O5S. The van der Waals surface area contributed by atoms with Crippen LogP contribution in [0.25, 0.3) is 0 Å². The summed E-state index contributed by atoms with van der Waals surface area (Å²) in [5, 5.41) is 2.04. The first kappa shape index (κ1) is 28.5. The Kier molecular flexibility index (Phi) is 9.82. The number of esters is 1. The number of hydrogen-bond acceptors (Lipinski definition) is 7. The fourth-order valence-electron chi connectivity index (χ4n) is 3.98. The number of nitrogens with zero attached hydrogens (tertiary/aromatic N) is 1. The number of anilines is 1. The van der Waals surface area contributed by atoms with Gasteiger partial charge in [-0.25, -0.2) is 12.8 Å². The van der Waals surface area contributed by atoms with E-state index in [0.29, 0.717) is 23.5 Å². The normalized spacial score (nSPS) is 17.3.